The minimum Gasteiger partial charge on any atom is -0.382 e. The van der Waals surface area contributed by atoms with E-state index < -0.39 is 5.60 Å². The number of ketones is 1. The Morgan fingerprint density at radius 1 is 1.19 bits per heavy atom. The van der Waals surface area contributed by atoms with E-state index in [-0.39, 0.29) is 11.2 Å². The smallest absolute Gasteiger partial charge is 0.168 e. The Morgan fingerprint density at radius 2 is 1.71 bits per heavy atom. The SMILES string of the molecule is CC1CCC(O)(C(=O)Cc2ccc(C(C)(C)C)cc2)CC1. The monoisotopic (exact) mass is 288 g/mol. The lowest BCUT2D eigenvalue weighted by Gasteiger charge is -2.33. The highest BCUT2D eigenvalue weighted by molar-refractivity contribution is 5.89. The minimum atomic E-state index is -1.09. The van der Waals surface area contributed by atoms with Crippen molar-refractivity contribution in [2.24, 2.45) is 5.92 Å². The molecule has 0 aromatic heterocycles. The Balaban J connectivity index is 2.03. The fourth-order valence-electron chi connectivity index (χ4n) is 2.99. The van der Waals surface area contributed by atoms with Gasteiger partial charge in [-0.05, 0) is 48.1 Å². The van der Waals surface area contributed by atoms with Gasteiger partial charge in [0.1, 0.15) is 5.60 Å². The van der Waals surface area contributed by atoms with Crippen LogP contribution in [0.5, 0.6) is 0 Å². The molecule has 2 heteroatoms. The van der Waals surface area contributed by atoms with Crippen LogP contribution in [-0.2, 0) is 16.6 Å². The molecule has 0 amide bonds. The Labute approximate surface area is 128 Å². The quantitative estimate of drug-likeness (QED) is 0.911. The normalized spacial score (nSPS) is 26.6. The second-order valence-corrected chi connectivity index (χ2v) is 7.76. The van der Waals surface area contributed by atoms with Gasteiger partial charge in [0.15, 0.2) is 5.78 Å². The molecule has 1 aromatic rings. The maximum absolute atomic E-state index is 12.4. The van der Waals surface area contributed by atoms with E-state index in [9.17, 15) is 9.90 Å². The number of rotatable bonds is 3. The van der Waals surface area contributed by atoms with E-state index in [1.165, 1.54) is 5.56 Å². The molecule has 0 unspecified atom stereocenters. The molecule has 1 aliphatic rings. The highest BCUT2D eigenvalue weighted by Gasteiger charge is 2.38. The molecule has 1 aliphatic carbocycles. The topological polar surface area (TPSA) is 37.3 Å². The van der Waals surface area contributed by atoms with E-state index in [1.807, 2.05) is 12.1 Å². The highest BCUT2D eigenvalue weighted by Crippen LogP contribution is 2.33. The highest BCUT2D eigenvalue weighted by atomic mass is 16.3. The predicted molar refractivity (Wildman–Crippen MR) is 86.4 cm³/mol. The average Bonchev–Trinajstić information content (AvgIpc) is 2.42. The van der Waals surface area contributed by atoms with Gasteiger partial charge in [-0.15, -0.1) is 0 Å². The van der Waals surface area contributed by atoms with Crippen molar-refractivity contribution in [1.82, 2.24) is 0 Å². The van der Waals surface area contributed by atoms with Crippen LogP contribution in [-0.4, -0.2) is 16.5 Å². The molecule has 1 fully saturated rings. The molecule has 0 bridgehead atoms. The molecule has 2 rings (SSSR count). The Bertz CT molecular complexity index is 485. The molecule has 0 radical (unpaired) electrons. The Hall–Kier alpha value is -1.15. The molecule has 1 aromatic carbocycles. The van der Waals surface area contributed by atoms with Gasteiger partial charge in [0, 0.05) is 6.42 Å². The van der Waals surface area contributed by atoms with Crippen LogP contribution in [0.25, 0.3) is 0 Å². The number of carbonyl (C=O) groups excluding carboxylic acids is 1. The summed E-state index contributed by atoms with van der Waals surface area (Å²) in [5, 5.41) is 10.6. The van der Waals surface area contributed by atoms with Crippen molar-refractivity contribution >= 4 is 5.78 Å². The van der Waals surface area contributed by atoms with Gasteiger partial charge < -0.3 is 5.11 Å². The van der Waals surface area contributed by atoms with Crippen LogP contribution >= 0.6 is 0 Å². The summed E-state index contributed by atoms with van der Waals surface area (Å²) in [6.45, 7) is 8.73. The summed E-state index contributed by atoms with van der Waals surface area (Å²) < 4.78 is 0. The van der Waals surface area contributed by atoms with Crippen LogP contribution in [0.4, 0.5) is 0 Å². The molecule has 2 nitrogen and oxygen atoms in total. The summed E-state index contributed by atoms with van der Waals surface area (Å²) >= 11 is 0. The van der Waals surface area contributed by atoms with Crippen LogP contribution in [0, 0.1) is 5.92 Å². The molecule has 0 saturated heterocycles. The molecule has 0 aliphatic heterocycles. The Kier molecular flexibility index (Phi) is 4.57. The summed E-state index contributed by atoms with van der Waals surface area (Å²) in [6.07, 6.45) is 3.48. The Morgan fingerprint density at radius 3 is 2.19 bits per heavy atom. The number of Topliss-reactive ketones (excluding diaryl/α,β-unsaturated/α-hetero) is 1. The van der Waals surface area contributed by atoms with Crippen molar-refractivity contribution in [1.29, 1.82) is 0 Å². The van der Waals surface area contributed by atoms with Gasteiger partial charge in [-0.25, -0.2) is 0 Å². The molecule has 116 valence electrons. The third kappa shape index (κ3) is 3.94. The van der Waals surface area contributed by atoms with E-state index in [1.54, 1.807) is 0 Å². The number of hydrogen-bond donors (Lipinski definition) is 1. The number of aliphatic hydroxyl groups is 1. The lowest BCUT2D eigenvalue weighted by Crippen LogP contribution is -2.42. The van der Waals surface area contributed by atoms with Crippen LogP contribution in [0.2, 0.25) is 0 Å². The second-order valence-electron chi connectivity index (χ2n) is 7.76. The number of benzene rings is 1. The molecule has 0 spiro atoms. The number of carbonyl (C=O) groups is 1. The third-order valence-electron chi connectivity index (χ3n) is 4.81. The first kappa shape index (κ1) is 16.2. The van der Waals surface area contributed by atoms with Crippen molar-refractivity contribution in [3.63, 3.8) is 0 Å². The summed E-state index contributed by atoms with van der Waals surface area (Å²) in [4.78, 5) is 12.4. The molecule has 0 heterocycles. The van der Waals surface area contributed by atoms with E-state index in [0.29, 0.717) is 25.2 Å². The van der Waals surface area contributed by atoms with Gasteiger partial charge in [-0.3, -0.25) is 4.79 Å². The van der Waals surface area contributed by atoms with Gasteiger partial charge >= 0.3 is 0 Å². The van der Waals surface area contributed by atoms with Crippen LogP contribution in [0.3, 0.4) is 0 Å². The van der Waals surface area contributed by atoms with E-state index >= 15 is 0 Å². The first-order chi connectivity index (χ1) is 9.71. The van der Waals surface area contributed by atoms with Crippen molar-refractivity contribution < 1.29 is 9.90 Å². The fourth-order valence-corrected chi connectivity index (χ4v) is 2.99. The van der Waals surface area contributed by atoms with Crippen molar-refractivity contribution in [2.45, 2.75) is 70.8 Å². The summed E-state index contributed by atoms with van der Waals surface area (Å²) in [6, 6.07) is 8.23. The maximum atomic E-state index is 12.4. The van der Waals surface area contributed by atoms with Crippen molar-refractivity contribution in [3.8, 4) is 0 Å². The zero-order chi connectivity index (χ0) is 15.7. The molecule has 21 heavy (non-hydrogen) atoms. The zero-order valence-electron chi connectivity index (χ0n) is 13.8. The van der Waals surface area contributed by atoms with Crippen LogP contribution in [0.1, 0.15) is 64.5 Å². The molecule has 0 atom stereocenters. The maximum Gasteiger partial charge on any atom is 0.168 e. The standard InChI is InChI=1S/C19H28O2/c1-14-9-11-19(21,12-10-14)17(20)13-15-5-7-16(8-6-15)18(2,3)4/h5-8,14,21H,9-13H2,1-4H3. The van der Waals surface area contributed by atoms with E-state index in [2.05, 4.69) is 39.8 Å². The van der Waals surface area contributed by atoms with E-state index in [0.717, 1.165) is 18.4 Å². The summed E-state index contributed by atoms with van der Waals surface area (Å²) in [7, 11) is 0. The van der Waals surface area contributed by atoms with Gasteiger partial charge in [0.2, 0.25) is 0 Å². The van der Waals surface area contributed by atoms with Gasteiger partial charge in [0.25, 0.3) is 0 Å². The molecule has 1 saturated carbocycles. The molecular formula is C19H28O2. The average molecular weight is 288 g/mol. The van der Waals surface area contributed by atoms with Crippen LogP contribution in [0.15, 0.2) is 24.3 Å². The lowest BCUT2D eigenvalue weighted by atomic mass is 9.76. The summed E-state index contributed by atoms with van der Waals surface area (Å²) in [5.41, 5.74) is 1.30. The zero-order valence-corrected chi connectivity index (χ0v) is 13.8. The van der Waals surface area contributed by atoms with Gasteiger partial charge in [0.05, 0.1) is 0 Å². The third-order valence-corrected chi connectivity index (χ3v) is 4.81. The summed E-state index contributed by atoms with van der Waals surface area (Å²) in [5.74, 6) is 0.613. The van der Waals surface area contributed by atoms with Crippen molar-refractivity contribution in [3.05, 3.63) is 35.4 Å². The van der Waals surface area contributed by atoms with Crippen LogP contribution < -0.4 is 0 Å². The lowest BCUT2D eigenvalue weighted by molar-refractivity contribution is -0.140. The van der Waals surface area contributed by atoms with E-state index in [4.69, 9.17) is 0 Å². The van der Waals surface area contributed by atoms with Gasteiger partial charge in [-0.2, -0.15) is 0 Å². The first-order valence-electron chi connectivity index (χ1n) is 8.06. The fraction of sp³-hybridized carbons (Fsp3) is 0.632. The second kappa shape index (κ2) is 5.92. The van der Waals surface area contributed by atoms with Gasteiger partial charge in [-0.1, -0.05) is 52.0 Å². The van der Waals surface area contributed by atoms with Crippen molar-refractivity contribution in [2.75, 3.05) is 0 Å². The predicted octanol–water partition coefficient (Wildman–Crippen LogP) is 4.04. The molecule has 1 N–H and O–H groups in total. The largest absolute Gasteiger partial charge is 0.382 e. The minimum absolute atomic E-state index is 0.0158. The first-order valence-corrected chi connectivity index (χ1v) is 8.06. The number of hydrogen-bond acceptors (Lipinski definition) is 2. The molecular weight excluding hydrogens is 260 g/mol.